The van der Waals surface area contributed by atoms with E-state index in [4.69, 9.17) is 0 Å². The van der Waals surface area contributed by atoms with Crippen molar-refractivity contribution in [1.29, 1.82) is 0 Å². The van der Waals surface area contributed by atoms with Crippen LogP contribution in [0.3, 0.4) is 0 Å². The minimum absolute atomic E-state index is 0.0991. The van der Waals surface area contributed by atoms with E-state index in [1.54, 1.807) is 0 Å². The number of hydrogen-bond acceptors (Lipinski definition) is 3. The first kappa shape index (κ1) is 36.1. The number of nitrogens with zero attached hydrogens (tertiary/aromatic N) is 2. The van der Waals surface area contributed by atoms with E-state index in [9.17, 15) is 4.79 Å². The van der Waals surface area contributed by atoms with Crippen LogP contribution in [-0.2, 0) is 10.8 Å². The lowest BCUT2D eigenvalue weighted by molar-refractivity contribution is 0.103. The highest BCUT2D eigenvalue weighted by atomic mass is 16.1. The van der Waals surface area contributed by atoms with Gasteiger partial charge in [-0.25, -0.2) is 0 Å². The first-order chi connectivity index (χ1) is 30.4. The van der Waals surface area contributed by atoms with Crippen LogP contribution in [0, 0.1) is 0 Å². The molecular weight excluding hydrogens is 753 g/mol. The zero-order chi connectivity index (χ0) is 41.6. The van der Waals surface area contributed by atoms with Gasteiger partial charge in [0.15, 0.2) is 5.78 Å². The third-order valence-corrected chi connectivity index (χ3v) is 13.7. The molecule has 1 heterocycles. The van der Waals surface area contributed by atoms with E-state index in [1.165, 1.54) is 33.4 Å². The predicted molar refractivity (Wildman–Crippen MR) is 254 cm³/mol. The van der Waals surface area contributed by atoms with Crippen molar-refractivity contribution in [3.8, 4) is 22.3 Å². The van der Waals surface area contributed by atoms with Crippen molar-refractivity contribution in [2.45, 2.75) is 24.7 Å². The van der Waals surface area contributed by atoms with Crippen LogP contribution >= 0.6 is 0 Å². The lowest BCUT2D eigenvalue weighted by Gasteiger charge is -2.45. The van der Waals surface area contributed by atoms with Gasteiger partial charge in [-0.2, -0.15) is 0 Å². The fraction of sp³-hybridized carbons (Fsp3) is 0.0678. The number of rotatable bonds is 5. The van der Waals surface area contributed by atoms with Gasteiger partial charge in [0.05, 0.1) is 16.8 Å². The zero-order valence-corrected chi connectivity index (χ0v) is 34.6. The fourth-order valence-corrected chi connectivity index (χ4v) is 10.9. The highest BCUT2D eigenvalue weighted by molar-refractivity contribution is 6.13. The molecule has 0 bridgehead atoms. The predicted octanol–water partition coefficient (Wildman–Crippen LogP) is 14.8. The van der Waals surface area contributed by atoms with E-state index >= 15 is 0 Å². The van der Waals surface area contributed by atoms with E-state index in [0.717, 1.165) is 67.5 Å². The summed E-state index contributed by atoms with van der Waals surface area (Å²) in [6.45, 7) is 4.46. The number of hydrogen-bond donors (Lipinski definition) is 0. The average molecular weight is 795 g/mol. The van der Waals surface area contributed by atoms with Gasteiger partial charge >= 0.3 is 0 Å². The summed E-state index contributed by atoms with van der Waals surface area (Å²) in [6.07, 6.45) is 0. The molecule has 0 atom stereocenters. The Bertz CT molecular complexity index is 3150. The zero-order valence-electron chi connectivity index (χ0n) is 34.6. The first-order valence-electron chi connectivity index (χ1n) is 21.5. The molecule has 1 spiro atoms. The van der Waals surface area contributed by atoms with Crippen LogP contribution in [0.1, 0.15) is 63.1 Å². The monoisotopic (exact) mass is 794 g/mol. The van der Waals surface area contributed by atoms with Gasteiger partial charge in [0.25, 0.3) is 0 Å². The summed E-state index contributed by atoms with van der Waals surface area (Å²) >= 11 is 0. The summed E-state index contributed by atoms with van der Waals surface area (Å²) < 4.78 is 0. The second-order valence-electron chi connectivity index (χ2n) is 17.2. The van der Waals surface area contributed by atoms with Crippen molar-refractivity contribution in [3.63, 3.8) is 0 Å². The molecule has 0 N–H and O–H groups in total. The van der Waals surface area contributed by atoms with Crippen molar-refractivity contribution in [3.05, 3.63) is 263 Å². The highest BCUT2D eigenvalue weighted by Crippen LogP contribution is 2.64. The maximum absolute atomic E-state index is 13.7. The van der Waals surface area contributed by atoms with E-state index in [1.807, 2.05) is 24.3 Å². The van der Waals surface area contributed by atoms with Gasteiger partial charge in [0.1, 0.15) is 0 Å². The van der Waals surface area contributed by atoms with Crippen molar-refractivity contribution < 1.29 is 4.79 Å². The van der Waals surface area contributed by atoms with Crippen LogP contribution < -0.4 is 9.80 Å². The van der Waals surface area contributed by atoms with E-state index in [0.29, 0.717) is 0 Å². The quantitative estimate of drug-likeness (QED) is 0.173. The van der Waals surface area contributed by atoms with Crippen LogP contribution in [0.25, 0.3) is 22.3 Å². The van der Waals surface area contributed by atoms with Gasteiger partial charge in [-0.3, -0.25) is 4.79 Å². The number of para-hydroxylation sites is 3. The second-order valence-corrected chi connectivity index (χ2v) is 17.2. The summed E-state index contributed by atoms with van der Waals surface area (Å²) in [7, 11) is 0. The number of fused-ring (bicyclic) bond motifs is 11. The lowest BCUT2D eigenvalue weighted by atomic mass is 9.64. The van der Waals surface area contributed by atoms with Crippen LogP contribution in [0.4, 0.5) is 34.1 Å². The van der Waals surface area contributed by atoms with Crippen LogP contribution in [0.15, 0.2) is 218 Å². The van der Waals surface area contributed by atoms with Crippen molar-refractivity contribution >= 4 is 39.9 Å². The Kier molecular flexibility index (Phi) is 7.95. The molecule has 2 aliphatic carbocycles. The van der Waals surface area contributed by atoms with Crippen LogP contribution in [-0.4, -0.2) is 5.78 Å². The topological polar surface area (TPSA) is 23.6 Å². The van der Waals surface area contributed by atoms with Gasteiger partial charge in [0.2, 0.25) is 0 Å². The Hall–Kier alpha value is -7.75. The molecule has 12 rings (SSSR count). The Labute approximate surface area is 362 Å². The molecule has 3 nitrogen and oxygen atoms in total. The van der Waals surface area contributed by atoms with Gasteiger partial charge in [-0.15, -0.1) is 0 Å². The molecule has 9 aromatic carbocycles. The summed E-state index contributed by atoms with van der Waals surface area (Å²) in [5.41, 5.74) is 19.4. The number of benzene rings is 9. The minimum Gasteiger partial charge on any atom is -0.310 e. The second kappa shape index (κ2) is 13.6. The summed E-state index contributed by atoms with van der Waals surface area (Å²) in [6, 6.07) is 78.7. The van der Waals surface area contributed by atoms with Crippen LogP contribution in [0.2, 0.25) is 0 Å². The Morgan fingerprint density at radius 2 is 0.871 bits per heavy atom. The maximum Gasteiger partial charge on any atom is 0.193 e. The largest absolute Gasteiger partial charge is 0.310 e. The molecular formula is C59H42N2O. The van der Waals surface area contributed by atoms with Crippen LogP contribution in [0.5, 0.6) is 0 Å². The molecule has 0 fully saturated rings. The summed E-state index contributed by atoms with van der Waals surface area (Å²) in [5, 5.41) is 0. The summed E-state index contributed by atoms with van der Waals surface area (Å²) in [5.74, 6) is 0.0991. The lowest BCUT2D eigenvalue weighted by Crippen LogP contribution is -2.36. The van der Waals surface area contributed by atoms with Crippen molar-refractivity contribution in [2.75, 3.05) is 9.80 Å². The van der Waals surface area contributed by atoms with Crippen molar-refractivity contribution in [2.24, 2.45) is 0 Å². The SMILES string of the molecule is CC1(C)c2ccccc2C(=O)c2ccc(-c3ccc(N4c5ccccc5C5(c6ccccc6-c6ccccc65)c5ccc(N(c6ccccc6)c6ccccc6)cc54)cc3)cc21. The molecule has 0 amide bonds. The molecule has 0 saturated heterocycles. The number of carbonyl (C=O) groups is 1. The van der Waals surface area contributed by atoms with E-state index in [2.05, 4.69) is 218 Å². The Morgan fingerprint density at radius 3 is 1.52 bits per heavy atom. The van der Waals surface area contributed by atoms with Gasteiger partial charge in [0, 0.05) is 39.3 Å². The molecule has 62 heavy (non-hydrogen) atoms. The van der Waals surface area contributed by atoms with Gasteiger partial charge < -0.3 is 9.80 Å². The molecule has 294 valence electrons. The molecule has 3 heteroatoms. The van der Waals surface area contributed by atoms with Crippen molar-refractivity contribution in [1.82, 2.24) is 0 Å². The third-order valence-electron chi connectivity index (χ3n) is 13.7. The Balaban J connectivity index is 1.06. The standard InChI is InChI=1S/C59H42N2O/c1-58(2)49-24-12-11-23-47(49)57(62)48-35-31-40(37-54(48)58)39-29-32-43(33-30-39)61-55-28-16-15-27-52(55)59(50-25-13-9-21-45(50)46-22-10-14-26-51(46)59)53-36-34-44(38-56(53)61)60(41-17-5-3-6-18-41)42-19-7-4-8-20-42/h3-38H,1-2H3. The number of anilines is 6. The van der Waals surface area contributed by atoms with Gasteiger partial charge in [-0.1, -0.05) is 172 Å². The minimum atomic E-state index is -0.537. The van der Waals surface area contributed by atoms with Gasteiger partial charge in [-0.05, 0) is 116 Å². The molecule has 0 radical (unpaired) electrons. The fourth-order valence-electron chi connectivity index (χ4n) is 10.9. The molecule has 9 aromatic rings. The number of ketones is 1. The number of carbonyl (C=O) groups excluding carboxylic acids is 1. The van der Waals surface area contributed by atoms with E-state index < -0.39 is 5.41 Å². The molecule has 0 aromatic heterocycles. The molecule has 0 unspecified atom stereocenters. The third kappa shape index (κ3) is 5.09. The highest BCUT2D eigenvalue weighted by Gasteiger charge is 2.51. The summed E-state index contributed by atoms with van der Waals surface area (Å²) in [4.78, 5) is 18.5. The average Bonchev–Trinajstić information content (AvgIpc) is 3.62. The normalized spacial score (nSPS) is 14.5. The molecule has 1 aliphatic heterocycles. The maximum atomic E-state index is 13.7. The van der Waals surface area contributed by atoms with E-state index in [-0.39, 0.29) is 11.2 Å². The molecule has 0 saturated carbocycles. The smallest absolute Gasteiger partial charge is 0.193 e. The first-order valence-corrected chi connectivity index (χ1v) is 21.5. The molecule has 3 aliphatic rings. The Morgan fingerprint density at radius 1 is 0.371 bits per heavy atom.